The summed E-state index contributed by atoms with van der Waals surface area (Å²) in [5.41, 5.74) is 0.683. The number of methoxy groups -OCH3 is 1. The fraction of sp³-hybridized carbons (Fsp3) is 0.643. The number of nitrogens with zero attached hydrogens (tertiary/aromatic N) is 2. The van der Waals surface area contributed by atoms with E-state index in [0.29, 0.717) is 11.4 Å². The van der Waals surface area contributed by atoms with E-state index < -0.39 is 17.2 Å². The van der Waals surface area contributed by atoms with Crippen LogP contribution >= 0.6 is 0 Å². The third-order valence-corrected chi connectivity index (χ3v) is 5.25. The van der Waals surface area contributed by atoms with Crippen molar-refractivity contribution in [3.8, 4) is 5.88 Å². The second-order valence-corrected chi connectivity index (χ2v) is 8.10. The van der Waals surface area contributed by atoms with Gasteiger partial charge in [-0.3, -0.25) is 0 Å². The average molecular weight is 300 g/mol. The zero-order valence-electron chi connectivity index (χ0n) is 12.4. The predicted octanol–water partition coefficient (Wildman–Crippen LogP) is 2.83. The molecule has 0 aromatic carbocycles. The molecule has 20 heavy (non-hydrogen) atoms. The topological polar surface area (TPSA) is 48.4 Å². The molecule has 1 saturated heterocycles. The Hall–Kier alpha value is -0.850. The summed E-state index contributed by atoms with van der Waals surface area (Å²) in [5, 5.41) is 0. The molecule has 6 heteroatoms. The Kier molecular flexibility index (Phi) is 4.56. The predicted molar refractivity (Wildman–Crippen MR) is 77.3 cm³/mol. The molecule has 2 heterocycles. The van der Waals surface area contributed by atoms with Crippen molar-refractivity contribution >= 4 is 11.4 Å². The second-order valence-electron chi connectivity index (χ2n) is 5.91. The molecule has 0 saturated carbocycles. The molecular formula is C14H21FN2O2S. The highest BCUT2D eigenvalue weighted by atomic mass is 32.2. The van der Waals surface area contributed by atoms with E-state index >= 15 is 0 Å². The Labute approximate surface area is 122 Å². The molecule has 1 fully saturated rings. The molecule has 1 aromatic heterocycles. The fourth-order valence-corrected chi connectivity index (χ4v) is 3.90. The number of pyridine rings is 1. The number of hydrogen-bond acceptors (Lipinski definition) is 4. The van der Waals surface area contributed by atoms with Gasteiger partial charge in [-0.2, -0.15) is 0 Å². The maximum absolute atomic E-state index is 13.5. The van der Waals surface area contributed by atoms with Crippen LogP contribution in [0.5, 0.6) is 5.88 Å². The summed E-state index contributed by atoms with van der Waals surface area (Å²) in [4.78, 5) is 3.97. The van der Waals surface area contributed by atoms with Crippen molar-refractivity contribution in [1.82, 2.24) is 9.29 Å². The first-order chi connectivity index (χ1) is 9.34. The van der Waals surface area contributed by atoms with Crippen molar-refractivity contribution in [3.05, 3.63) is 23.6 Å². The van der Waals surface area contributed by atoms with Gasteiger partial charge >= 0.3 is 0 Å². The molecule has 1 unspecified atom stereocenters. The first-order valence-electron chi connectivity index (χ1n) is 6.72. The van der Waals surface area contributed by atoms with Gasteiger partial charge in [0.15, 0.2) is 0 Å². The van der Waals surface area contributed by atoms with Crippen LogP contribution in [-0.2, 0) is 11.4 Å². The third-order valence-electron chi connectivity index (χ3n) is 3.34. The van der Waals surface area contributed by atoms with Crippen LogP contribution in [0, 0.1) is 5.82 Å². The van der Waals surface area contributed by atoms with Gasteiger partial charge in [-0.15, -0.1) is 4.31 Å². The van der Waals surface area contributed by atoms with E-state index in [9.17, 15) is 8.94 Å². The molecular weight excluding hydrogens is 279 g/mol. The van der Waals surface area contributed by atoms with Gasteiger partial charge < -0.3 is 9.29 Å². The Bertz CT molecular complexity index is 479. The van der Waals surface area contributed by atoms with E-state index in [4.69, 9.17) is 4.74 Å². The Morgan fingerprint density at radius 1 is 1.50 bits per heavy atom. The average Bonchev–Trinajstić information content (AvgIpc) is 2.85. The molecule has 2 atom stereocenters. The smallest absolute Gasteiger partial charge is 0.218 e. The van der Waals surface area contributed by atoms with E-state index in [1.54, 1.807) is 0 Å². The zero-order chi connectivity index (χ0) is 14.9. The van der Waals surface area contributed by atoms with Crippen LogP contribution in [0.25, 0.3) is 0 Å². The standard InChI is InChI=1S/C14H21FN2O2S/c1-14(2,3)20(18)17-7-5-6-12(17)11-8-10(15)9-16-13(11)19-4/h8-9,12H,5-7H2,1-4H3/t12-,20?/m1/s1. The van der Waals surface area contributed by atoms with Crippen molar-refractivity contribution in [2.24, 2.45) is 0 Å². The summed E-state index contributed by atoms with van der Waals surface area (Å²) in [7, 11) is 1.52. The molecule has 1 aliphatic rings. The van der Waals surface area contributed by atoms with Crippen LogP contribution in [0.4, 0.5) is 4.39 Å². The molecule has 0 aliphatic carbocycles. The summed E-state index contributed by atoms with van der Waals surface area (Å²) in [5.74, 6) is 0.0170. The first-order valence-corrected chi connectivity index (χ1v) is 7.83. The van der Waals surface area contributed by atoms with Crippen molar-refractivity contribution in [2.75, 3.05) is 13.7 Å². The molecule has 0 bridgehead atoms. The molecule has 0 amide bonds. The first kappa shape index (κ1) is 15.5. The van der Waals surface area contributed by atoms with E-state index in [0.717, 1.165) is 25.6 Å². The van der Waals surface area contributed by atoms with Gasteiger partial charge in [-0.05, 0) is 39.7 Å². The fourth-order valence-electron chi connectivity index (χ4n) is 2.45. The number of hydrogen-bond donors (Lipinski definition) is 0. The summed E-state index contributed by atoms with van der Waals surface area (Å²) in [6.07, 6.45) is 2.91. The minimum atomic E-state index is -1.13. The van der Waals surface area contributed by atoms with Gasteiger partial charge in [0.25, 0.3) is 0 Å². The molecule has 0 radical (unpaired) electrons. The minimum absolute atomic E-state index is 0.104. The second kappa shape index (κ2) is 5.87. The van der Waals surface area contributed by atoms with Gasteiger partial charge in [0.1, 0.15) is 10.6 Å². The molecule has 4 nitrogen and oxygen atoms in total. The SMILES string of the molecule is COc1ncc(F)cc1[C@H]1CCCN1[S+]([O-])C(C)(C)C. The minimum Gasteiger partial charge on any atom is -0.597 e. The lowest BCUT2D eigenvalue weighted by atomic mass is 10.1. The molecule has 1 aromatic rings. The van der Waals surface area contributed by atoms with Crippen molar-refractivity contribution in [1.29, 1.82) is 0 Å². The van der Waals surface area contributed by atoms with E-state index in [1.807, 2.05) is 25.1 Å². The summed E-state index contributed by atoms with van der Waals surface area (Å²) >= 11 is -1.13. The van der Waals surface area contributed by atoms with Crippen molar-refractivity contribution in [2.45, 2.75) is 44.4 Å². The summed E-state index contributed by atoms with van der Waals surface area (Å²) in [6, 6.07) is 1.34. The number of rotatable bonds is 3. The van der Waals surface area contributed by atoms with Crippen LogP contribution < -0.4 is 4.74 Å². The van der Waals surface area contributed by atoms with Crippen molar-refractivity contribution < 1.29 is 13.7 Å². The van der Waals surface area contributed by atoms with E-state index in [2.05, 4.69) is 4.98 Å². The van der Waals surface area contributed by atoms with Crippen LogP contribution in [0.15, 0.2) is 12.3 Å². The normalized spacial score (nSPS) is 22.0. The van der Waals surface area contributed by atoms with Crippen LogP contribution in [0.1, 0.15) is 45.2 Å². The molecule has 112 valence electrons. The Morgan fingerprint density at radius 3 is 2.80 bits per heavy atom. The van der Waals surface area contributed by atoms with Crippen LogP contribution in [-0.4, -0.2) is 32.2 Å². The lowest BCUT2D eigenvalue weighted by Gasteiger charge is -2.33. The van der Waals surface area contributed by atoms with Crippen molar-refractivity contribution in [3.63, 3.8) is 0 Å². The quantitative estimate of drug-likeness (QED) is 0.805. The highest BCUT2D eigenvalue weighted by molar-refractivity contribution is 7.90. The van der Waals surface area contributed by atoms with Gasteiger partial charge in [0.2, 0.25) is 5.88 Å². The molecule has 0 spiro atoms. The lowest BCUT2D eigenvalue weighted by molar-refractivity contribution is 0.348. The van der Waals surface area contributed by atoms with Gasteiger partial charge in [-0.1, -0.05) is 0 Å². The molecule has 0 N–H and O–H groups in total. The largest absolute Gasteiger partial charge is 0.597 e. The number of halogens is 1. The summed E-state index contributed by atoms with van der Waals surface area (Å²) < 4.78 is 32.9. The Morgan fingerprint density at radius 2 is 2.20 bits per heavy atom. The van der Waals surface area contributed by atoms with Crippen LogP contribution in [0.2, 0.25) is 0 Å². The highest BCUT2D eigenvalue weighted by Crippen LogP contribution is 2.40. The molecule has 2 rings (SSSR count). The maximum atomic E-state index is 13.5. The molecule has 1 aliphatic heterocycles. The van der Waals surface area contributed by atoms with E-state index in [-0.39, 0.29) is 10.8 Å². The van der Waals surface area contributed by atoms with Gasteiger partial charge in [0.05, 0.1) is 19.3 Å². The van der Waals surface area contributed by atoms with Gasteiger partial charge in [-0.25, -0.2) is 9.37 Å². The maximum Gasteiger partial charge on any atom is 0.218 e. The van der Waals surface area contributed by atoms with Gasteiger partial charge in [0, 0.05) is 23.5 Å². The number of aromatic nitrogens is 1. The lowest BCUT2D eigenvalue weighted by Crippen LogP contribution is -2.42. The Balaban J connectivity index is 2.34. The number of ether oxygens (including phenoxy) is 1. The monoisotopic (exact) mass is 300 g/mol. The third kappa shape index (κ3) is 3.07. The highest BCUT2D eigenvalue weighted by Gasteiger charge is 2.42. The van der Waals surface area contributed by atoms with Crippen LogP contribution in [0.3, 0.4) is 0 Å². The van der Waals surface area contributed by atoms with E-state index in [1.165, 1.54) is 13.2 Å². The summed E-state index contributed by atoms with van der Waals surface area (Å²) in [6.45, 7) is 6.58. The zero-order valence-corrected chi connectivity index (χ0v) is 13.2.